The Kier molecular flexibility index (Phi) is 6.50. The van der Waals surface area contributed by atoms with E-state index in [0.29, 0.717) is 13.2 Å². The summed E-state index contributed by atoms with van der Waals surface area (Å²) in [5.74, 6) is 1.71. The molecule has 158 valence electrons. The number of piperazine rings is 1. The average Bonchev–Trinajstić information content (AvgIpc) is 3.27. The van der Waals surface area contributed by atoms with Gasteiger partial charge in [0, 0.05) is 45.7 Å². The Balaban J connectivity index is 1.57. The van der Waals surface area contributed by atoms with Crippen LogP contribution in [-0.4, -0.2) is 77.1 Å². The minimum Gasteiger partial charge on any atom is -0.495 e. The fourth-order valence-electron chi connectivity index (χ4n) is 3.92. The van der Waals surface area contributed by atoms with Crippen LogP contribution in [0.25, 0.3) is 0 Å². The van der Waals surface area contributed by atoms with Crippen LogP contribution in [0.4, 0.5) is 5.69 Å². The minimum atomic E-state index is -0.0645. The Bertz CT molecular complexity index is 926. The van der Waals surface area contributed by atoms with Gasteiger partial charge in [-0.2, -0.15) is 0 Å². The molecule has 0 spiro atoms. The smallest absolute Gasteiger partial charge is 0.173 e. The third-order valence-electron chi connectivity index (χ3n) is 5.42. The molecular formula is C21H27N7O2. The first-order valence-corrected chi connectivity index (χ1v) is 10.1. The molecule has 9 nitrogen and oxygen atoms in total. The quantitative estimate of drug-likeness (QED) is 0.555. The summed E-state index contributed by atoms with van der Waals surface area (Å²) in [6.45, 7) is 4.67. The summed E-state index contributed by atoms with van der Waals surface area (Å²) in [5.41, 5.74) is 2.21. The number of benzene rings is 1. The topological polar surface area (TPSA) is 81.4 Å². The number of hydrogen-bond donors (Lipinski definition) is 0. The number of hydrogen-bond acceptors (Lipinski definition) is 8. The van der Waals surface area contributed by atoms with E-state index in [1.807, 2.05) is 35.1 Å². The number of nitrogens with zero attached hydrogens (tertiary/aromatic N) is 7. The van der Waals surface area contributed by atoms with E-state index in [0.717, 1.165) is 49.0 Å². The fraction of sp³-hybridized carbons (Fsp3) is 0.429. The number of tetrazole rings is 1. The summed E-state index contributed by atoms with van der Waals surface area (Å²) in [7, 11) is 3.40. The first-order valence-electron chi connectivity index (χ1n) is 10.1. The summed E-state index contributed by atoms with van der Waals surface area (Å²) in [6.07, 6.45) is 3.68. The molecule has 3 heterocycles. The highest BCUT2D eigenvalue weighted by atomic mass is 16.5. The molecule has 0 aliphatic carbocycles. The van der Waals surface area contributed by atoms with Crippen molar-refractivity contribution in [3.63, 3.8) is 0 Å². The highest BCUT2D eigenvalue weighted by Gasteiger charge is 2.31. The number of pyridine rings is 1. The molecule has 0 unspecified atom stereocenters. The molecule has 1 aromatic carbocycles. The first kappa shape index (κ1) is 20.2. The molecule has 1 fully saturated rings. The zero-order chi connectivity index (χ0) is 20.8. The number of para-hydroxylation sites is 2. The van der Waals surface area contributed by atoms with Gasteiger partial charge in [0.05, 0.1) is 32.0 Å². The van der Waals surface area contributed by atoms with Crippen LogP contribution in [0.1, 0.15) is 17.4 Å². The van der Waals surface area contributed by atoms with Crippen molar-refractivity contribution < 1.29 is 9.47 Å². The van der Waals surface area contributed by atoms with Crippen LogP contribution in [-0.2, 0) is 11.3 Å². The lowest BCUT2D eigenvalue weighted by atomic mass is 10.1. The number of anilines is 1. The fourth-order valence-corrected chi connectivity index (χ4v) is 3.92. The normalized spacial score (nSPS) is 15.9. The van der Waals surface area contributed by atoms with Gasteiger partial charge in [-0.1, -0.05) is 18.2 Å². The second-order valence-corrected chi connectivity index (χ2v) is 7.14. The molecule has 0 radical (unpaired) electrons. The lowest BCUT2D eigenvalue weighted by Crippen LogP contribution is -2.48. The monoisotopic (exact) mass is 409 g/mol. The largest absolute Gasteiger partial charge is 0.495 e. The summed E-state index contributed by atoms with van der Waals surface area (Å²) in [6, 6.07) is 12.1. The van der Waals surface area contributed by atoms with Gasteiger partial charge in [0.2, 0.25) is 0 Å². The van der Waals surface area contributed by atoms with Gasteiger partial charge in [0.15, 0.2) is 5.82 Å². The van der Waals surface area contributed by atoms with Crippen LogP contribution in [0.5, 0.6) is 5.75 Å². The zero-order valence-corrected chi connectivity index (χ0v) is 17.4. The molecule has 0 bridgehead atoms. The van der Waals surface area contributed by atoms with Gasteiger partial charge in [0.25, 0.3) is 0 Å². The Morgan fingerprint density at radius 1 is 1.03 bits per heavy atom. The van der Waals surface area contributed by atoms with E-state index in [-0.39, 0.29) is 6.04 Å². The van der Waals surface area contributed by atoms with Crippen molar-refractivity contribution >= 4 is 5.69 Å². The van der Waals surface area contributed by atoms with E-state index in [4.69, 9.17) is 9.47 Å². The van der Waals surface area contributed by atoms with E-state index < -0.39 is 0 Å². The molecule has 1 aliphatic rings. The summed E-state index contributed by atoms with van der Waals surface area (Å²) in [5, 5.41) is 12.5. The number of ether oxygens (including phenoxy) is 2. The van der Waals surface area contributed by atoms with Gasteiger partial charge in [-0.25, -0.2) is 4.68 Å². The molecule has 0 N–H and O–H groups in total. The molecule has 1 saturated heterocycles. The predicted octanol–water partition coefficient (Wildman–Crippen LogP) is 1.63. The van der Waals surface area contributed by atoms with Crippen molar-refractivity contribution in [2.24, 2.45) is 0 Å². The first-order chi connectivity index (χ1) is 14.8. The Labute approximate surface area is 176 Å². The second-order valence-electron chi connectivity index (χ2n) is 7.14. The molecular weight excluding hydrogens is 382 g/mol. The van der Waals surface area contributed by atoms with Crippen molar-refractivity contribution in [2.45, 2.75) is 12.6 Å². The van der Waals surface area contributed by atoms with E-state index in [2.05, 4.69) is 42.4 Å². The van der Waals surface area contributed by atoms with Crippen molar-refractivity contribution in [2.75, 3.05) is 51.9 Å². The van der Waals surface area contributed by atoms with Crippen LogP contribution >= 0.6 is 0 Å². The minimum absolute atomic E-state index is 0.0645. The number of rotatable bonds is 8. The Morgan fingerprint density at radius 2 is 1.87 bits per heavy atom. The average molecular weight is 409 g/mol. The molecule has 1 aliphatic heterocycles. The number of methoxy groups -OCH3 is 2. The summed E-state index contributed by atoms with van der Waals surface area (Å²) < 4.78 is 12.6. The summed E-state index contributed by atoms with van der Waals surface area (Å²) >= 11 is 0. The molecule has 4 rings (SSSR count). The lowest BCUT2D eigenvalue weighted by Gasteiger charge is -2.40. The van der Waals surface area contributed by atoms with E-state index in [1.165, 1.54) is 0 Å². The highest BCUT2D eigenvalue weighted by molar-refractivity contribution is 5.58. The van der Waals surface area contributed by atoms with Crippen LogP contribution in [0.3, 0.4) is 0 Å². The highest BCUT2D eigenvalue weighted by Crippen LogP contribution is 2.31. The van der Waals surface area contributed by atoms with E-state index in [1.54, 1.807) is 20.4 Å². The molecule has 0 saturated carbocycles. The molecule has 3 aromatic rings. The van der Waals surface area contributed by atoms with Gasteiger partial charge < -0.3 is 14.4 Å². The van der Waals surface area contributed by atoms with Crippen molar-refractivity contribution in [3.8, 4) is 5.75 Å². The lowest BCUT2D eigenvalue weighted by molar-refractivity contribution is 0.171. The SMILES string of the molecule is COCCn1nnnc1[C@H](c1cccnc1)N1CCN(c2ccccc2OC)CC1. The Hall–Kier alpha value is -3.04. The van der Waals surface area contributed by atoms with Crippen molar-refractivity contribution in [3.05, 3.63) is 60.2 Å². The van der Waals surface area contributed by atoms with Gasteiger partial charge in [-0.15, -0.1) is 5.10 Å². The third kappa shape index (κ3) is 4.27. The predicted molar refractivity (Wildman–Crippen MR) is 113 cm³/mol. The summed E-state index contributed by atoms with van der Waals surface area (Å²) in [4.78, 5) is 9.11. The Morgan fingerprint density at radius 3 is 2.60 bits per heavy atom. The molecule has 2 aromatic heterocycles. The van der Waals surface area contributed by atoms with Crippen LogP contribution in [0.2, 0.25) is 0 Å². The van der Waals surface area contributed by atoms with Crippen LogP contribution in [0, 0.1) is 0 Å². The maximum Gasteiger partial charge on any atom is 0.173 e. The molecule has 9 heteroatoms. The van der Waals surface area contributed by atoms with Crippen LogP contribution in [0.15, 0.2) is 48.8 Å². The van der Waals surface area contributed by atoms with Gasteiger partial charge in [-0.05, 0) is 34.2 Å². The number of aromatic nitrogens is 5. The maximum atomic E-state index is 5.55. The van der Waals surface area contributed by atoms with Gasteiger partial charge >= 0.3 is 0 Å². The standard InChI is InChI=1S/C21H27N7O2/c1-29-15-14-28-21(23-24-25-28)20(17-6-5-9-22-16-17)27-12-10-26(11-13-27)18-7-3-4-8-19(18)30-2/h3-9,16,20H,10-15H2,1-2H3/t20-/m0/s1. The van der Waals surface area contributed by atoms with Gasteiger partial charge in [-0.3, -0.25) is 9.88 Å². The maximum absolute atomic E-state index is 5.55. The van der Waals surface area contributed by atoms with E-state index >= 15 is 0 Å². The zero-order valence-electron chi connectivity index (χ0n) is 17.4. The van der Waals surface area contributed by atoms with Gasteiger partial charge in [0.1, 0.15) is 5.75 Å². The van der Waals surface area contributed by atoms with Crippen LogP contribution < -0.4 is 9.64 Å². The molecule has 1 atom stereocenters. The molecule has 30 heavy (non-hydrogen) atoms. The second kappa shape index (κ2) is 9.64. The molecule has 0 amide bonds. The van der Waals surface area contributed by atoms with Crippen molar-refractivity contribution in [1.82, 2.24) is 30.1 Å². The van der Waals surface area contributed by atoms with E-state index in [9.17, 15) is 0 Å². The van der Waals surface area contributed by atoms with Crippen molar-refractivity contribution in [1.29, 1.82) is 0 Å². The third-order valence-corrected chi connectivity index (χ3v) is 5.42.